The van der Waals surface area contributed by atoms with Gasteiger partial charge in [-0.15, -0.1) is 0 Å². The van der Waals surface area contributed by atoms with Crippen LogP contribution in [0.25, 0.3) is 0 Å². The second-order valence-electron chi connectivity index (χ2n) is 11.7. The van der Waals surface area contributed by atoms with Gasteiger partial charge in [-0.2, -0.15) is 0 Å². The monoisotopic (exact) mass is 623 g/mol. The highest BCUT2D eigenvalue weighted by molar-refractivity contribution is 7.81. The maximum Gasteiger partial charge on any atom is 0.180 e. The first kappa shape index (κ1) is 27.1. The summed E-state index contributed by atoms with van der Waals surface area (Å²) in [5, 5.41) is 10.1. The number of fused-ring (bicyclic) bond motifs is 4. The van der Waals surface area contributed by atoms with Gasteiger partial charge in [-0.05, 0) is 81.0 Å². The number of hydrogen-bond acceptors (Lipinski definition) is 2. The van der Waals surface area contributed by atoms with Crippen molar-refractivity contribution in [3.8, 4) is 11.5 Å². The van der Waals surface area contributed by atoms with Gasteiger partial charge in [0.2, 0.25) is 0 Å². The Morgan fingerprint density at radius 1 is 0.413 bits per heavy atom. The van der Waals surface area contributed by atoms with Crippen molar-refractivity contribution < 1.29 is 4.74 Å². The van der Waals surface area contributed by atoms with Crippen LogP contribution in [-0.4, -0.2) is 8.07 Å². The summed E-state index contributed by atoms with van der Waals surface area (Å²) in [7, 11) is -3.36. The van der Waals surface area contributed by atoms with Gasteiger partial charge in [0, 0.05) is 5.69 Å². The van der Waals surface area contributed by atoms with E-state index in [1.54, 1.807) is 0 Å². The van der Waals surface area contributed by atoms with Crippen LogP contribution in [-0.2, 0) is 0 Å². The Kier molecular flexibility index (Phi) is 6.48. The van der Waals surface area contributed by atoms with Crippen molar-refractivity contribution in [3.63, 3.8) is 0 Å². The second kappa shape index (κ2) is 11.0. The number of hydrogen-bond donors (Lipinski definition) is 0. The predicted octanol–water partition coefficient (Wildman–Crippen LogP) is 6.71. The van der Waals surface area contributed by atoms with E-state index in [9.17, 15) is 0 Å². The Labute approximate surface area is 272 Å². The molecule has 0 fully saturated rings. The first-order valence-electron chi connectivity index (χ1n) is 15.7. The molecule has 0 unspecified atom stereocenters. The van der Waals surface area contributed by atoms with Crippen LogP contribution in [0.3, 0.4) is 0 Å². The van der Waals surface area contributed by atoms with Crippen LogP contribution in [0.5, 0.6) is 11.5 Å². The highest BCUT2D eigenvalue weighted by Crippen LogP contribution is 2.50. The maximum atomic E-state index is 6.28. The number of nitrogens with zero attached hydrogens (tertiary/aromatic N) is 1. The Morgan fingerprint density at radius 2 is 0.848 bits per heavy atom. The first-order valence-corrected chi connectivity index (χ1v) is 19.0. The maximum absolute atomic E-state index is 6.28. The molecule has 2 nitrogen and oxygen atoms in total. The molecule has 0 N–H and O–H groups in total. The van der Waals surface area contributed by atoms with Gasteiger partial charge in [0.05, 0.1) is 11.4 Å². The molecule has 4 heteroatoms. The summed E-state index contributed by atoms with van der Waals surface area (Å²) >= 11 is 0. The Balaban J connectivity index is 1.23. The third kappa shape index (κ3) is 4.06. The van der Waals surface area contributed by atoms with E-state index in [0.29, 0.717) is 0 Å². The molecule has 9 rings (SSSR count). The molecule has 0 aliphatic carbocycles. The SMILES string of the molecule is c1ccc([Si]2(c3ccccc3)c3ccccc3P(c3ccc(N4c5ccccc5Oc5ccccc54)cc3)c3ccccc32)cc1. The third-order valence-corrected chi connectivity index (χ3v) is 17.2. The molecule has 218 valence electrons. The van der Waals surface area contributed by atoms with Crippen LogP contribution in [0.4, 0.5) is 17.1 Å². The Hall–Kier alpha value is -5.21. The van der Waals surface area contributed by atoms with Crippen LogP contribution in [0.15, 0.2) is 182 Å². The lowest BCUT2D eigenvalue weighted by molar-refractivity contribution is 0.477. The quantitative estimate of drug-likeness (QED) is 0.160. The number of rotatable bonds is 4. The minimum absolute atomic E-state index is 0.781. The molecular formula is C42H30NOPSi. The average Bonchev–Trinajstić information content (AvgIpc) is 3.14. The summed E-state index contributed by atoms with van der Waals surface area (Å²) in [6, 6.07) is 66.9. The molecule has 7 aromatic rings. The molecular weight excluding hydrogens is 594 g/mol. The lowest BCUT2D eigenvalue weighted by Gasteiger charge is -2.43. The van der Waals surface area contributed by atoms with Crippen molar-refractivity contribution in [1.82, 2.24) is 0 Å². The Morgan fingerprint density at radius 3 is 1.37 bits per heavy atom. The highest BCUT2D eigenvalue weighted by Gasteiger charge is 2.48. The average molecular weight is 624 g/mol. The molecule has 0 aromatic heterocycles. The van der Waals surface area contributed by atoms with Gasteiger partial charge in [0.1, 0.15) is 0 Å². The van der Waals surface area contributed by atoms with Crippen LogP contribution in [0.1, 0.15) is 0 Å². The van der Waals surface area contributed by atoms with Crippen LogP contribution < -0.4 is 46.3 Å². The van der Waals surface area contributed by atoms with Crippen molar-refractivity contribution >= 4 is 69.7 Å². The lowest BCUT2D eigenvalue weighted by Crippen LogP contribution is -2.81. The Bertz CT molecular complexity index is 2070. The van der Waals surface area contributed by atoms with E-state index in [4.69, 9.17) is 4.74 Å². The fourth-order valence-corrected chi connectivity index (χ4v) is 16.3. The molecule has 0 amide bonds. The van der Waals surface area contributed by atoms with Gasteiger partial charge >= 0.3 is 0 Å². The second-order valence-corrected chi connectivity index (χ2v) is 17.6. The number of para-hydroxylation sites is 4. The number of benzene rings is 7. The number of ether oxygens (including phenoxy) is 1. The predicted molar refractivity (Wildman–Crippen MR) is 197 cm³/mol. The summed E-state index contributed by atoms with van der Waals surface area (Å²) < 4.78 is 6.28. The van der Waals surface area contributed by atoms with Gasteiger partial charge in [0.25, 0.3) is 0 Å². The summed E-state index contributed by atoms with van der Waals surface area (Å²) in [5.74, 6) is 1.74. The van der Waals surface area contributed by atoms with Crippen LogP contribution in [0.2, 0.25) is 0 Å². The van der Waals surface area contributed by atoms with Crippen molar-refractivity contribution in [2.45, 2.75) is 0 Å². The molecule has 7 aromatic carbocycles. The molecule has 0 radical (unpaired) electrons. The van der Waals surface area contributed by atoms with E-state index < -0.39 is 16.0 Å². The zero-order valence-corrected chi connectivity index (χ0v) is 27.0. The molecule has 46 heavy (non-hydrogen) atoms. The van der Waals surface area contributed by atoms with Crippen molar-refractivity contribution in [2.75, 3.05) is 4.90 Å². The van der Waals surface area contributed by atoms with E-state index in [1.807, 2.05) is 24.3 Å². The van der Waals surface area contributed by atoms with E-state index >= 15 is 0 Å². The summed E-state index contributed by atoms with van der Waals surface area (Å²) in [6.45, 7) is 0. The summed E-state index contributed by atoms with van der Waals surface area (Å²) in [4.78, 5) is 2.32. The molecule has 0 bridgehead atoms. The molecule has 2 heterocycles. The molecule has 2 aliphatic heterocycles. The smallest absolute Gasteiger partial charge is 0.180 e. The zero-order chi connectivity index (χ0) is 30.5. The number of anilines is 3. The first-order chi connectivity index (χ1) is 22.8. The normalized spacial score (nSPS) is 14.3. The molecule has 0 saturated heterocycles. The van der Waals surface area contributed by atoms with Crippen LogP contribution in [0, 0.1) is 0 Å². The minimum atomic E-state index is -2.57. The van der Waals surface area contributed by atoms with Gasteiger partial charge in [-0.1, -0.05) is 146 Å². The summed E-state index contributed by atoms with van der Waals surface area (Å²) in [5.41, 5.74) is 3.22. The van der Waals surface area contributed by atoms with E-state index in [1.165, 1.54) is 36.7 Å². The van der Waals surface area contributed by atoms with Crippen molar-refractivity contribution in [1.29, 1.82) is 0 Å². The topological polar surface area (TPSA) is 12.5 Å². The zero-order valence-electron chi connectivity index (χ0n) is 25.1. The largest absolute Gasteiger partial charge is 0.453 e. The minimum Gasteiger partial charge on any atom is -0.453 e. The molecule has 0 saturated carbocycles. The summed E-state index contributed by atoms with van der Waals surface area (Å²) in [6.07, 6.45) is 0. The van der Waals surface area contributed by atoms with E-state index in [2.05, 4.69) is 163 Å². The fourth-order valence-electron chi connectivity index (χ4n) is 7.42. The molecule has 0 spiro atoms. The van der Waals surface area contributed by atoms with E-state index in [-0.39, 0.29) is 0 Å². The fraction of sp³-hybridized carbons (Fsp3) is 0. The standard InChI is InChI=1S/C42H30NOPSi/c1-3-15-33(16-4-1)46(34-17-5-2-6-18-34)41-25-13-11-23-39(41)45(40-24-12-14-26-42(40)46)32-29-27-31(28-30-32)43-35-19-7-9-21-37(35)44-38-22-10-8-20-36(38)43/h1-30H. The van der Waals surface area contributed by atoms with Crippen LogP contribution >= 0.6 is 7.92 Å². The van der Waals surface area contributed by atoms with E-state index in [0.717, 1.165) is 28.6 Å². The van der Waals surface area contributed by atoms with Gasteiger partial charge in [0.15, 0.2) is 19.6 Å². The van der Waals surface area contributed by atoms with Crippen molar-refractivity contribution in [3.05, 3.63) is 182 Å². The third-order valence-electron chi connectivity index (χ3n) is 9.31. The molecule has 2 aliphatic rings. The highest BCUT2D eigenvalue weighted by atomic mass is 31.1. The van der Waals surface area contributed by atoms with Gasteiger partial charge < -0.3 is 9.64 Å². The van der Waals surface area contributed by atoms with Gasteiger partial charge in [-0.3, -0.25) is 0 Å². The molecule has 0 atom stereocenters. The lowest BCUT2D eigenvalue weighted by atomic mass is 10.1. The van der Waals surface area contributed by atoms with Gasteiger partial charge in [-0.25, -0.2) is 0 Å². The van der Waals surface area contributed by atoms with Crippen molar-refractivity contribution in [2.24, 2.45) is 0 Å².